The molecule has 0 aromatic carbocycles. The zero-order valence-electron chi connectivity index (χ0n) is 9.04. The lowest BCUT2D eigenvalue weighted by Crippen LogP contribution is -2.43. The molecule has 0 atom stereocenters. The van der Waals surface area contributed by atoms with Gasteiger partial charge in [-0.1, -0.05) is 0 Å². The largest absolute Gasteiger partial charge is 0.500 e. The Morgan fingerprint density at radius 2 is 1.93 bits per heavy atom. The molecule has 0 aliphatic rings. The van der Waals surface area contributed by atoms with Gasteiger partial charge in [-0.2, -0.15) is 0 Å². The van der Waals surface area contributed by atoms with Crippen LogP contribution in [0.4, 0.5) is 0 Å². The molecule has 6 heteroatoms. The maximum atomic E-state index is 10.5. The first kappa shape index (κ1) is 13.6. The molecule has 0 fully saturated rings. The Bertz CT molecular complexity index is 173. The van der Waals surface area contributed by atoms with Crippen LogP contribution in [-0.2, 0) is 18.1 Å². The quantitative estimate of drug-likeness (QED) is 0.607. The highest BCUT2D eigenvalue weighted by molar-refractivity contribution is 6.60. The van der Waals surface area contributed by atoms with Crippen molar-refractivity contribution in [2.75, 3.05) is 20.8 Å². The van der Waals surface area contributed by atoms with Gasteiger partial charge >= 0.3 is 8.80 Å². The average molecular weight is 221 g/mol. The van der Waals surface area contributed by atoms with Crippen molar-refractivity contribution in [2.24, 2.45) is 5.73 Å². The van der Waals surface area contributed by atoms with E-state index in [1.165, 1.54) is 0 Å². The highest BCUT2D eigenvalue weighted by Gasteiger charge is 2.37. The van der Waals surface area contributed by atoms with Crippen LogP contribution in [0.1, 0.15) is 19.8 Å². The van der Waals surface area contributed by atoms with E-state index in [4.69, 9.17) is 19.0 Å². The Morgan fingerprint density at radius 3 is 2.29 bits per heavy atom. The molecule has 2 N–H and O–H groups in total. The standard InChI is InChI=1S/C8H19NO4Si/c1-4-13-14(11-2,12-3)7-5-6-8(9)10/h4-7H2,1-3H3,(H2,9,10). The SMILES string of the molecule is CCO[Si](CCCC(N)=O)(OC)OC. The van der Waals surface area contributed by atoms with Gasteiger partial charge in [-0.05, 0) is 13.3 Å². The van der Waals surface area contributed by atoms with Crippen LogP contribution in [0.3, 0.4) is 0 Å². The van der Waals surface area contributed by atoms with Crippen LogP contribution in [0.2, 0.25) is 6.04 Å². The van der Waals surface area contributed by atoms with Gasteiger partial charge in [0.1, 0.15) is 0 Å². The van der Waals surface area contributed by atoms with Crippen LogP contribution in [0, 0.1) is 0 Å². The van der Waals surface area contributed by atoms with Crippen molar-refractivity contribution in [3.63, 3.8) is 0 Å². The van der Waals surface area contributed by atoms with Crippen molar-refractivity contribution >= 4 is 14.7 Å². The van der Waals surface area contributed by atoms with Crippen LogP contribution in [0.5, 0.6) is 0 Å². The van der Waals surface area contributed by atoms with E-state index in [9.17, 15) is 4.79 Å². The third-order valence-corrected chi connectivity index (χ3v) is 4.83. The molecule has 0 saturated carbocycles. The van der Waals surface area contributed by atoms with E-state index in [-0.39, 0.29) is 5.91 Å². The number of hydrogen-bond acceptors (Lipinski definition) is 4. The van der Waals surface area contributed by atoms with Crippen LogP contribution >= 0.6 is 0 Å². The molecule has 0 bridgehead atoms. The minimum atomic E-state index is -2.52. The van der Waals surface area contributed by atoms with Gasteiger partial charge in [0.2, 0.25) is 5.91 Å². The van der Waals surface area contributed by atoms with E-state index >= 15 is 0 Å². The van der Waals surface area contributed by atoms with Gasteiger partial charge in [0.15, 0.2) is 0 Å². The molecule has 84 valence electrons. The molecule has 0 saturated heterocycles. The molecule has 0 heterocycles. The second-order valence-corrected chi connectivity index (χ2v) is 5.82. The number of amides is 1. The molecule has 1 amide bonds. The molecular formula is C8H19NO4Si. The molecule has 0 aliphatic heterocycles. The van der Waals surface area contributed by atoms with Crippen molar-refractivity contribution in [2.45, 2.75) is 25.8 Å². The van der Waals surface area contributed by atoms with Crippen LogP contribution in [0.25, 0.3) is 0 Å². The van der Waals surface area contributed by atoms with Crippen LogP contribution in [-0.4, -0.2) is 35.5 Å². The Kier molecular flexibility index (Phi) is 6.72. The van der Waals surface area contributed by atoms with E-state index in [1.807, 2.05) is 6.92 Å². The van der Waals surface area contributed by atoms with Gasteiger partial charge in [0.25, 0.3) is 0 Å². The first-order valence-electron chi connectivity index (χ1n) is 4.62. The lowest BCUT2D eigenvalue weighted by atomic mass is 10.3. The van der Waals surface area contributed by atoms with Crippen molar-refractivity contribution in [1.29, 1.82) is 0 Å². The number of rotatable bonds is 8. The Morgan fingerprint density at radius 1 is 1.36 bits per heavy atom. The van der Waals surface area contributed by atoms with Crippen molar-refractivity contribution in [3.8, 4) is 0 Å². The summed E-state index contributed by atoms with van der Waals surface area (Å²) in [6.07, 6.45) is 0.984. The van der Waals surface area contributed by atoms with E-state index in [0.29, 0.717) is 25.5 Å². The number of carbonyl (C=O) groups is 1. The van der Waals surface area contributed by atoms with E-state index in [2.05, 4.69) is 0 Å². The zero-order valence-corrected chi connectivity index (χ0v) is 10.0. The van der Waals surface area contributed by atoms with Crippen LogP contribution in [0.15, 0.2) is 0 Å². The van der Waals surface area contributed by atoms with Gasteiger partial charge in [0, 0.05) is 33.3 Å². The first-order valence-corrected chi connectivity index (χ1v) is 6.56. The van der Waals surface area contributed by atoms with Crippen molar-refractivity contribution in [1.82, 2.24) is 0 Å². The minimum Gasteiger partial charge on any atom is -0.377 e. The Balaban J connectivity index is 4.00. The molecule has 0 spiro atoms. The van der Waals surface area contributed by atoms with Gasteiger partial charge in [-0.3, -0.25) is 4.79 Å². The van der Waals surface area contributed by atoms with Crippen molar-refractivity contribution in [3.05, 3.63) is 0 Å². The summed E-state index contributed by atoms with van der Waals surface area (Å²) in [6, 6.07) is 0.622. The predicted octanol–water partition coefficient (Wildman–Crippen LogP) is 0.520. The number of carbonyl (C=O) groups excluding carboxylic acids is 1. The summed E-state index contributed by atoms with van der Waals surface area (Å²) in [7, 11) is 0.612. The molecular weight excluding hydrogens is 202 g/mol. The summed E-state index contributed by atoms with van der Waals surface area (Å²) in [4.78, 5) is 10.5. The highest BCUT2D eigenvalue weighted by Crippen LogP contribution is 2.16. The molecule has 0 rings (SSSR count). The predicted molar refractivity (Wildman–Crippen MR) is 54.6 cm³/mol. The topological polar surface area (TPSA) is 70.8 Å². The summed E-state index contributed by atoms with van der Waals surface area (Å²) < 4.78 is 16.0. The lowest BCUT2D eigenvalue weighted by molar-refractivity contribution is -0.118. The van der Waals surface area contributed by atoms with Gasteiger partial charge < -0.3 is 19.0 Å². The molecule has 14 heavy (non-hydrogen) atoms. The lowest BCUT2D eigenvalue weighted by Gasteiger charge is -2.25. The van der Waals surface area contributed by atoms with E-state index in [0.717, 1.165) is 0 Å². The monoisotopic (exact) mass is 221 g/mol. The summed E-state index contributed by atoms with van der Waals surface area (Å²) in [5.41, 5.74) is 5.03. The average Bonchev–Trinajstić information content (AvgIpc) is 2.16. The van der Waals surface area contributed by atoms with Crippen LogP contribution < -0.4 is 5.73 Å². The molecule has 0 aromatic rings. The second-order valence-electron chi connectivity index (χ2n) is 2.84. The van der Waals surface area contributed by atoms with Gasteiger partial charge in [-0.15, -0.1) is 0 Å². The third-order valence-electron chi connectivity index (χ3n) is 1.89. The fraction of sp³-hybridized carbons (Fsp3) is 0.875. The molecule has 0 radical (unpaired) electrons. The normalized spacial score (nSPS) is 11.6. The zero-order chi connectivity index (χ0) is 11.0. The fourth-order valence-corrected chi connectivity index (χ4v) is 3.18. The maximum Gasteiger partial charge on any atom is 0.500 e. The highest BCUT2D eigenvalue weighted by atomic mass is 28.4. The minimum absolute atomic E-state index is 0.309. The van der Waals surface area contributed by atoms with Crippen molar-refractivity contribution < 1.29 is 18.1 Å². The second kappa shape index (κ2) is 6.94. The summed E-state index contributed by atoms with van der Waals surface area (Å²) >= 11 is 0. The maximum absolute atomic E-state index is 10.5. The number of primary amides is 1. The van der Waals surface area contributed by atoms with E-state index < -0.39 is 8.80 Å². The molecule has 0 unspecified atom stereocenters. The smallest absolute Gasteiger partial charge is 0.377 e. The summed E-state index contributed by atoms with van der Waals surface area (Å²) in [6.45, 7) is 2.43. The fourth-order valence-electron chi connectivity index (χ4n) is 1.18. The molecule has 5 nitrogen and oxygen atoms in total. The third kappa shape index (κ3) is 4.71. The Hall–Kier alpha value is -0.433. The van der Waals surface area contributed by atoms with Gasteiger partial charge in [-0.25, -0.2) is 0 Å². The Labute approximate surface area is 85.9 Å². The number of hydrogen-bond donors (Lipinski definition) is 1. The first-order chi connectivity index (χ1) is 6.60. The molecule has 0 aliphatic carbocycles. The molecule has 0 aromatic heterocycles. The van der Waals surface area contributed by atoms with E-state index in [1.54, 1.807) is 14.2 Å². The summed E-state index contributed by atoms with van der Waals surface area (Å²) in [5.74, 6) is -0.309. The summed E-state index contributed by atoms with van der Waals surface area (Å²) in [5, 5.41) is 0. The number of nitrogens with two attached hydrogens (primary N) is 1. The van der Waals surface area contributed by atoms with Gasteiger partial charge in [0.05, 0.1) is 0 Å².